The molecule has 1 rings (SSSR count). The van der Waals surface area contributed by atoms with Crippen LogP contribution in [0.5, 0.6) is 0 Å². The summed E-state index contributed by atoms with van der Waals surface area (Å²) in [6.45, 7) is 4.68. The van der Waals surface area contributed by atoms with E-state index in [1.165, 1.54) is 0 Å². The average Bonchev–Trinajstić information content (AvgIpc) is 2.34. The van der Waals surface area contributed by atoms with Crippen molar-refractivity contribution in [2.75, 3.05) is 46.3 Å². The van der Waals surface area contributed by atoms with Gasteiger partial charge in [-0.15, -0.1) is 0 Å². The van der Waals surface area contributed by atoms with Gasteiger partial charge in [-0.3, -0.25) is 9.59 Å². The van der Waals surface area contributed by atoms with Crippen LogP contribution in [0.1, 0.15) is 19.3 Å². The summed E-state index contributed by atoms with van der Waals surface area (Å²) < 4.78 is 0. The van der Waals surface area contributed by atoms with Crippen molar-refractivity contribution in [1.82, 2.24) is 15.1 Å². The predicted octanol–water partition coefficient (Wildman–Crippen LogP) is -0.994. The zero-order valence-electron chi connectivity index (χ0n) is 11.2. The molecule has 0 aromatic rings. The van der Waals surface area contributed by atoms with Crippen LogP contribution < -0.4 is 11.1 Å². The summed E-state index contributed by atoms with van der Waals surface area (Å²) in [6, 6.07) is 0. The number of likely N-dealkylation sites (N-methyl/N-ethyl adjacent to an activating group) is 1. The highest BCUT2D eigenvalue weighted by Gasteiger charge is 2.17. The number of rotatable bonds is 7. The van der Waals surface area contributed by atoms with E-state index in [0.29, 0.717) is 13.0 Å². The monoisotopic (exact) mass is 256 g/mol. The molecule has 6 heteroatoms. The maximum absolute atomic E-state index is 11.8. The fourth-order valence-corrected chi connectivity index (χ4v) is 1.91. The van der Waals surface area contributed by atoms with Crippen LogP contribution in [0, 0.1) is 0 Å². The number of hydrogen-bond donors (Lipinski definition) is 2. The lowest BCUT2D eigenvalue weighted by molar-refractivity contribution is -0.131. The first-order valence-corrected chi connectivity index (χ1v) is 6.55. The van der Waals surface area contributed by atoms with Gasteiger partial charge in [0.05, 0.1) is 6.54 Å². The molecule has 1 saturated heterocycles. The van der Waals surface area contributed by atoms with Crippen LogP contribution in [-0.4, -0.2) is 67.9 Å². The molecule has 0 spiro atoms. The summed E-state index contributed by atoms with van der Waals surface area (Å²) in [5.41, 5.74) is 5.04. The van der Waals surface area contributed by atoms with E-state index >= 15 is 0 Å². The second-order valence-corrected chi connectivity index (χ2v) is 4.78. The number of nitrogens with one attached hydrogen (secondary N) is 1. The van der Waals surface area contributed by atoms with E-state index in [1.807, 2.05) is 4.90 Å². The number of unbranched alkanes of at least 4 members (excludes halogenated alkanes) is 1. The highest BCUT2D eigenvalue weighted by Crippen LogP contribution is 1.99. The SMILES string of the molecule is CN1CCN(C(=O)CNCCCCC(N)=O)CC1. The van der Waals surface area contributed by atoms with E-state index in [4.69, 9.17) is 5.73 Å². The summed E-state index contributed by atoms with van der Waals surface area (Å²) in [5, 5.41) is 3.11. The van der Waals surface area contributed by atoms with Gasteiger partial charge in [0.2, 0.25) is 11.8 Å². The van der Waals surface area contributed by atoms with E-state index in [0.717, 1.165) is 45.6 Å². The van der Waals surface area contributed by atoms with Gasteiger partial charge in [-0.2, -0.15) is 0 Å². The molecule has 1 aliphatic heterocycles. The Kier molecular flexibility index (Phi) is 6.67. The Hall–Kier alpha value is -1.14. The first-order valence-electron chi connectivity index (χ1n) is 6.55. The van der Waals surface area contributed by atoms with Crippen LogP contribution in [0.2, 0.25) is 0 Å². The average molecular weight is 256 g/mol. The van der Waals surface area contributed by atoms with Gasteiger partial charge in [0.1, 0.15) is 0 Å². The minimum atomic E-state index is -0.261. The standard InChI is InChI=1S/C12H24N4O2/c1-15-6-8-16(9-7-15)12(18)10-14-5-3-2-4-11(13)17/h14H,2-10H2,1H3,(H2,13,17). The molecule has 0 aliphatic carbocycles. The van der Waals surface area contributed by atoms with Crippen molar-refractivity contribution < 1.29 is 9.59 Å². The van der Waals surface area contributed by atoms with E-state index < -0.39 is 0 Å². The molecule has 0 radical (unpaired) electrons. The minimum Gasteiger partial charge on any atom is -0.370 e. The quantitative estimate of drug-likeness (QED) is 0.573. The molecule has 0 aromatic heterocycles. The largest absolute Gasteiger partial charge is 0.370 e. The lowest BCUT2D eigenvalue weighted by Crippen LogP contribution is -2.49. The zero-order chi connectivity index (χ0) is 13.4. The Balaban J connectivity index is 2.01. The third kappa shape index (κ3) is 5.97. The molecular formula is C12H24N4O2. The summed E-state index contributed by atoms with van der Waals surface area (Å²) >= 11 is 0. The van der Waals surface area contributed by atoms with Crippen molar-refractivity contribution in [3.8, 4) is 0 Å². The third-order valence-electron chi connectivity index (χ3n) is 3.16. The van der Waals surface area contributed by atoms with Gasteiger partial charge in [0.15, 0.2) is 0 Å². The molecule has 1 heterocycles. The van der Waals surface area contributed by atoms with Crippen LogP contribution in [0.25, 0.3) is 0 Å². The van der Waals surface area contributed by atoms with Gasteiger partial charge in [0.25, 0.3) is 0 Å². The molecule has 0 saturated carbocycles. The van der Waals surface area contributed by atoms with Crippen molar-refractivity contribution in [1.29, 1.82) is 0 Å². The van der Waals surface area contributed by atoms with Crippen LogP contribution in [0.15, 0.2) is 0 Å². The lowest BCUT2D eigenvalue weighted by atomic mass is 10.2. The molecule has 2 amide bonds. The van der Waals surface area contributed by atoms with Crippen molar-refractivity contribution in [2.24, 2.45) is 5.73 Å². The number of hydrogen-bond acceptors (Lipinski definition) is 4. The first-order chi connectivity index (χ1) is 8.59. The minimum absolute atomic E-state index is 0.165. The smallest absolute Gasteiger partial charge is 0.236 e. The highest BCUT2D eigenvalue weighted by molar-refractivity contribution is 5.78. The van der Waals surface area contributed by atoms with Gasteiger partial charge in [-0.05, 0) is 26.4 Å². The predicted molar refractivity (Wildman–Crippen MR) is 70.0 cm³/mol. The lowest BCUT2D eigenvalue weighted by Gasteiger charge is -2.32. The van der Waals surface area contributed by atoms with Crippen molar-refractivity contribution in [2.45, 2.75) is 19.3 Å². The maximum atomic E-state index is 11.8. The molecule has 18 heavy (non-hydrogen) atoms. The number of amides is 2. The zero-order valence-corrected chi connectivity index (χ0v) is 11.2. The molecule has 1 fully saturated rings. The molecular weight excluding hydrogens is 232 g/mol. The number of carbonyl (C=O) groups is 2. The van der Waals surface area contributed by atoms with E-state index in [9.17, 15) is 9.59 Å². The molecule has 104 valence electrons. The Labute approximate surface area is 108 Å². The second-order valence-electron chi connectivity index (χ2n) is 4.78. The number of piperazine rings is 1. The van der Waals surface area contributed by atoms with E-state index in [-0.39, 0.29) is 11.8 Å². The molecule has 0 bridgehead atoms. The van der Waals surface area contributed by atoms with Crippen molar-refractivity contribution in [3.05, 3.63) is 0 Å². The molecule has 0 aromatic carbocycles. The maximum Gasteiger partial charge on any atom is 0.236 e. The Morgan fingerprint density at radius 3 is 2.44 bits per heavy atom. The Morgan fingerprint density at radius 2 is 1.83 bits per heavy atom. The van der Waals surface area contributed by atoms with Crippen LogP contribution in [0.3, 0.4) is 0 Å². The molecule has 3 N–H and O–H groups in total. The first kappa shape index (κ1) is 14.9. The van der Waals surface area contributed by atoms with Crippen LogP contribution in [-0.2, 0) is 9.59 Å². The molecule has 0 atom stereocenters. The molecule has 6 nitrogen and oxygen atoms in total. The van der Waals surface area contributed by atoms with E-state index in [1.54, 1.807) is 0 Å². The number of nitrogens with two attached hydrogens (primary N) is 1. The van der Waals surface area contributed by atoms with Crippen LogP contribution >= 0.6 is 0 Å². The summed E-state index contributed by atoms with van der Waals surface area (Å²) in [5.74, 6) is -0.0958. The topological polar surface area (TPSA) is 78.7 Å². The number of carbonyl (C=O) groups excluding carboxylic acids is 2. The number of primary amides is 1. The summed E-state index contributed by atoms with van der Waals surface area (Å²) in [6.07, 6.45) is 2.08. The summed E-state index contributed by atoms with van der Waals surface area (Å²) in [4.78, 5) is 26.4. The van der Waals surface area contributed by atoms with Crippen molar-refractivity contribution in [3.63, 3.8) is 0 Å². The normalized spacial score (nSPS) is 16.8. The van der Waals surface area contributed by atoms with Gasteiger partial charge in [-0.25, -0.2) is 0 Å². The van der Waals surface area contributed by atoms with E-state index in [2.05, 4.69) is 17.3 Å². The molecule has 0 unspecified atom stereocenters. The Morgan fingerprint density at radius 1 is 1.17 bits per heavy atom. The fraction of sp³-hybridized carbons (Fsp3) is 0.833. The third-order valence-corrected chi connectivity index (χ3v) is 3.16. The highest BCUT2D eigenvalue weighted by atomic mass is 16.2. The van der Waals surface area contributed by atoms with Gasteiger partial charge in [0, 0.05) is 32.6 Å². The fourth-order valence-electron chi connectivity index (χ4n) is 1.91. The Bertz CT molecular complexity index is 275. The number of nitrogens with zero attached hydrogens (tertiary/aromatic N) is 2. The van der Waals surface area contributed by atoms with Gasteiger partial charge < -0.3 is 20.9 Å². The van der Waals surface area contributed by atoms with Gasteiger partial charge >= 0.3 is 0 Å². The van der Waals surface area contributed by atoms with Gasteiger partial charge in [-0.1, -0.05) is 0 Å². The van der Waals surface area contributed by atoms with Crippen molar-refractivity contribution >= 4 is 11.8 Å². The second kappa shape index (κ2) is 8.05. The van der Waals surface area contributed by atoms with Crippen LogP contribution in [0.4, 0.5) is 0 Å². The molecule has 1 aliphatic rings. The summed E-state index contributed by atoms with van der Waals surface area (Å²) in [7, 11) is 2.07.